The van der Waals surface area contributed by atoms with Crippen molar-refractivity contribution in [3.8, 4) is 0 Å². The SMILES string of the molecule is O=P(C=CC1CCCCC1)(c1ccccc1)c1ccccc1. The molecule has 0 radical (unpaired) electrons. The predicted molar refractivity (Wildman–Crippen MR) is 95.5 cm³/mol. The van der Waals surface area contributed by atoms with E-state index in [0.717, 1.165) is 10.6 Å². The van der Waals surface area contributed by atoms with Gasteiger partial charge < -0.3 is 4.57 Å². The van der Waals surface area contributed by atoms with Crippen LogP contribution in [0.1, 0.15) is 32.1 Å². The first kappa shape index (κ1) is 15.3. The van der Waals surface area contributed by atoms with Crippen molar-refractivity contribution in [1.82, 2.24) is 0 Å². The van der Waals surface area contributed by atoms with Gasteiger partial charge in [0.2, 0.25) is 0 Å². The number of hydrogen-bond acceptors (Lipinski definition) is 1. The van der Waals surface area contributed by atoms with Gasteiger partial charge in [-0.3, -0.25) is 0 Å². The van der Waals surface area contributed by atoms with Gasteiger partial charge in [-0.1, -0.05) is 86.0 Å². The van der Waals surface area contributed by atoms with E-state index in [-0.39, 0.29) is 0 Å². The molecule has 0 heterocycles. The molecule has 0 atom stereocenters. The molecule has 1 aliphatic rings. The van der Waals surface area contributed by atoms with E-state index in [0.29, 0.717) is 5.92 Å². The molecule has 0 saturated heterocycles. The summed E-state index contributed by atoms with van der Waals surface area (Å²) in [6, 6.07) is 19.8. The molecule has 0 N–H and O–H groups in total. The molecule has 0 aliphatic heterocycles. The molecule has 1 fully saturated rings. The molecule has 2 aromatic carbocycles. The van der Waals surface area contributed by atoms with Gasteiger partial charge in [0.1, 0.15) is 0 Å². The highest BCUT2D eigenvalue weighted by Gasteiger charge is 2.24. The number of rotatable bonds is 4. The van der Waals surface area contributed by atoms with Crippen LogP contribution in [0.5, 0.6) is 0 Å². The minimum absolute atomic E-state index is 0.592. The third kappa shape index (κ3) is 3.42. The Morgan fingerprint density at radius 2 is 1.27 bits per heavy atom. The summed E-state index contributed by atoms with van der Waals surface area (Å²) in [5, 5.41) is 1.85. The lowest BCUT2D eigenvalue weighted by molar-refractivity contribution is 0.419. The molecule has 2 heteroatoms. The lowest BCUT2D eigenvalue weighted by Crippen LogP contribution is -2.14. The van der Waals surface area contributed by atoms with E-state index < -0.39 is 7.14 Å². The molecule has 3 rings (SSSR count). The molecule has 1 aliphatic carbocycles. The van der Waals surface area contributed by atoms with Gasteiger partial charge in [-0.2, -0.15) is 0 Å². The van der Waals surface area contributed by atoms with Crippen LogP contribution in [0.2, 0.25) is 0 Å². The van der Waals surface area contributed by atoms with Crippen LogP contribution in [0.15, 0.2) is 72.6 Å². The molecule has 0 amide bonds. The monoisotopic (exact) mass is 310 g/mol. The maximum atomic E-state index is 13.8. The minimum Gasteiger partial charge on any atom is -0.309 e. The average Bonchev–Trinajstić information content (AvgIpc) is 2.62. The number of allylic oxidation sites excluding steroid dienone is 1. The first-order valence-electron chi connectivity index (χ1n) is 8.19. The van der Waals surface area contributed by atoms with Gasteiger partial charge in [0.05, 0.1) is 0 Å². The third-order valence-corrected chi connectivity index (χ3v) is 7.22. The molecule has 0 unspecified atom stereocenters. The highest BCUT2D eigenvalue weighted by atomic mass is 31.2. The summed E-state index contributed by atoms with van der Waals surface area (Å²) in [5.41, 5.74) is 0. The maximum absolute atomic E-state index is 13.8. The van der Waals surface area contributed by atoms with Crippen molar-refractivity contribution in [2.24, 2.45) is 5.92 Å². The van der Waals surface area contributed by atoms with Gasteiger partial charge in [0, 0.05) is 10.6 Å². The Kier molecular flexibility index (Phi) is 4.95. The first-order chi connectivity index (χ1) is 10.8. The topological polar surface area (TPSA) is 17.1 Å². The van der Waals surface area contributed by atoms with Crippen LogP contribution in [0.3, 0.4) is 0 Å². The summed E-state index contributed by atoms with van der Waals surface area (Å²) >= 11 is 0. The minimum atomic E-state index is -2.67. The van der Waals surface area contributed by atoms with Crippen LogP contribution < -0.4 is 10.6 Å². The van der Waals surface area contributed by atoms with Crippen molar-refractivity contribution in [3.05, 3.63) is 72.6 Å². The summed E-state index contributed by atoms with van der Waals surface area (Å²) in [4.78, 5) is 0. The predicted octanol–water partition coefficient (Wildman–Crippen LogP) is 5.09. The van der Waals surface area contributed by atoms with Crippen molar-refractivity contribution < 1.29 is 4.57 Å². The smallest absolute Gasteiger partial charge is 0.163 e. The second-order valence-electron chi connectivity index (χ2n) is 6.07. The van der Waals surface area contributed by atoms with E-state index in [9.17, 15) is 4.57 Å². The highest BCUT2D eigenvalue weighted by Crippen LogP contribution is 2.45. The quantitative estimate of drug-likeness (QED) is 0.718. The summed E-state index contributed by atoms with van der Waals surface area (Å²) < 4.78 is 13.8. The number of hydrogen-bond donors (Lipinski definition) is 0. The van der Waals surface area contributed by atoms with Crippen LogP contribution in [0.25, 0.3) is 0 Å². The third-order valence-electron chi connectivity index (χ3n) is 4.50. The summed E-state index contributed by atoms with van der Waals surface area (Å²) in [5.74, 6) is 2.60. The van der Waals surface area contributed by atoms with Crippen molar-refractivity contribution in [3.63, 3.8) is 0 Å². The van der Waals surface area contributed by atoms with Crippen LogP contribution in [-0.4, -0.2) is 0 Å². The fourth-order valence-electron chi connectivity index (χ4n) is 3.19. The summed E-state index contributed by atoms with van der Waals surface area (Å²) in [7, 11) is -2.67. The van der Waals surface area contributed by atoms with E-state index in [1.165, 1.54) is 32.1 Å². The van der Waals surface area contributed by atoms with Crippen molar-refractivity contribution >= 4 is 17.8 Å². The maximum Gasteiger partial charge on any atom is 0.163 e. The van der Waals surface area contributed by atoms with E-state index in [4.69, 9.17) is 0 Å². The van der Waals surface area contributed by atoms with Gasteiger partial charge in [-0.25, -0.2) is 0 Å². The zero-order valence-electron chi connectivity index (χ0n) is 12.9. The van der Waals surface area contributed by atoms with Crippen molar-refractivity contribution in [2.75, 3.05) is 0 Å². The van der Waals surface area contributed by atoms with Crippen LogP contribution in [0, 0.1) is 5.92 Å². The van der Waals surface area contributed by atoms with E-state index in [2.05, 4.69) is 6.08 Å². The lowest BCUT2D eigenvalue weighted by atomic mass is 9.90. The van der Waals surface area contributed by atoms with Crippen molar-refractivity contribution in [2.45, 2.75) is 32.1 Å². The second-order valence-corrected chi connectivity index (χ2v) is 8.72. The van der Waals surface area contributed by atoms with E-state index in [1.807, 2.05) is 66.5 Å². The van der Waals surface area contributed by atoms with Crippen LogP contribution in [-0.2, 0) is 4.57 Å². The Balaban J connectivity index is 1.96. The molecule has 1 saturated carbocycles. The molecule has 1 nitrogen and oxygen atoms in total. The Labute approximate surface area is 133 Å². The summed E-state index contributed by atoms with van der Waals surface area (Å²) in [6.45, 7) is 0. The molecular formula is C20H23OP. The fourth-order valence-corrected chi connectivity index (χ4v) is 5.55. The zero-order chi connectivity index (χ0) is 15.3. The standard InChI is InChI=1S/C20H23OP/c21-22(19-12-6-2-7-13-19,20-14-8-3-9-15-20)17-16-18-10-4-1-5-11-18/h2-3,6-9,12-18H,1,4-5,10-11H2. The van der Waals surface area contributed by atoms with Gasteiger partial charge in [-0.05, 0) is 24.6 Å². The highest BCUT2D eigenvalue weighted by molar-refractivity contribution is 7.81. The Hall–Kier alpha value is -1.59. The molecule has 0 bridgehead atoms. The first-order valence-corrected chi connectivity index (χ1v) is 9.97. The molecule has 0 aromatic heterocycles. The Morgan fingerprint density at radius 3 is 1.77 bits per heavy atom. The molecule has 0 spiro atoms. The summed E-state index contributed by atoms with van der Waals surface area (Å²) in [6.07, 6.45) is 8.64. The van der Waals surface area contributed by atoms with Crippen molar-refractivity contribution in [1.29, 1.82) is 0 Å². The Bertz CT molecular complexity index is 611. The molecular weight excluding hydrogens is 287 g/mol. The molecule has 22 heavy (non-hydrogen) atoms. The molecule has 114 valence electrons. The van der Waals surface area contributed by atoms with Gasteiger partial charge >= 0.3 is 0 Å². The largest absolute Gasteiger partial charge is 0.309 e. The normalized spacial score (nSPS) is 16.9. The van der Waals surface area contributed by atoms with Gasteiger partial charge in [-0.15, -0.1) is 0 Å². The lowest BCUT2D eigenvalue weighted by Gasteiger charge is -2.20. The van der Waals surface area contributed by atoms with Crippen LogP contribution >= 0.6 is 7.14 Å². The molecule has 2 aromatic rings. The van der Waals surface area contributed by atoms with Gasteiger partial charge in [0.25, 0.3) is 0 Å². The Morgan fingerprint density at radius 1 is 0.773 bits per heavy atom. The zero-order valence-corrected chi connectivity index (χ0v) is 13.8. The fraction of sp³-hybridized carbons (Fsp3) is 0.300. The van der Waals surface area contributed by atoms with E-state index in [1.54, 1.807) is 0 Å². The average molecular weight is 310 g/mol. The van der Waals surface area contributed by atoms with Gasteiger partial charge in [0.15, 0.2) is 7.14 Å². The van der Waals surface area contributed by atoms with Crippen LogP contribution in [0.4, 0.5) is 0 Å². The number of benzene rings is 2. The second kappa shape index (κ2) is 7.11. The van der Waals surface area contributed by atoms with E-state index >= 15 is 0 Å².